The van der Waals surface area contributed by atoms with Gasteiger partial charge in [0.1, 0.15) is 12.6 Å². The Morgan fingerprint density at radius 2 is 1.66 bits per heavy atom. The average molecular weight is 477 g/mol. The Kier molecular flexibility index (Phi) is 6.86. The predicted octanol–water partition coefficient (Wildman–Crippen LogP) is 3.30. The largest absolute Gasteiger partial charge is 0.477 e. The van der Waals surface area contributed by atoms with Gasteiger partial charge in [0.05, 0.1) is 6.20 Å². The first-order chi connectivity index (χ1) is 16.8. The molecule has 9 nitrogen and oxygen atoms in total. The van der Waals surface area contributed by atoms with Crippen molar-refractivity contribution in [3.05, 3.63) is 77.1 Å². The van der Waals surface area contributed by atoms with Crippen molar-refractivity contribution in [3.8, 4) is 11.1 Å². The van der Waals surface area contributed by atoms with Crippen molar-refractivity contribution in [2.75, 3.05) is 6.61 Å². The molecule has 0 spiro atoms. The number of nitrogens with zero attached hydrogens (tertiary/aromatic N) is 2. The minimum Gasteiger partial charge on any atom is -0.477 e. The fraction of sp³-hybridized carbons (Fsp3) is 0.308. The Morgan fingerprint density at radius 3 is 2.23 bits per heavy atom. The molecule has 1 aromatic heterocycles. The molecule has 0 radical (unpaired) electrons. The molecule has 0 saturated heterocycles. The van der Waals surface area contributed by atoms with Crippen LogP contribution in [0.2, 0.25) is 0 Å². The second-order valence-corrected chi connectivity index (χ2v) is 8.86. The molecule has 182 valence electrons. The third-order valence-corrected chi connectivity index (χ3v) is 6.24. The molecule has 9 heteroatoms. The first-order valence-electron chi connectivity index (χ1n) is 11.4. The van der Waals surface area contributed by atoms with Crippen LogP contribution in [-0.2, 0) is 23.1 Å². The number of carboxylic acids is 1. The van der Waals surface area contributed by atoms with Gasteiger partial charge >= 0.3 is 12.1 Å². The quantitative estimate of drug-likeness (QED) is 0.459. The van der Waals surface area contributed by atoms with E-state index in [0.717, 1.165) is 22.3 Å². The fourth-order valence-electron chi connectivity index (χ4n) is 4.48. The third kappa shape index (κ3) is 4.89. The van der Waals surface area contributed by atoms with Gasteiger partial charge in [-0.1, -0.05) is 62.4 Å². The van der Waals surface area contributed by atoms with Crippen molar-refractivity contribution in [2.45, 2.75) is 32.4 Å². The van der Waals surface area contributed by atoms with Crippen LogP contribution in [0.3, 0.4) is 0 Å². The number of hydrogen-bond acceptors (Lipinski definition) is 5. The number of carboxylic acid groups (broad SMARTS) is 1. The van der Waals surface area contributed by atoms with Gasteiger partial charge in [0, 0.05) is 25.1 Å². The highest BCUT2D eigenvalue weighted by atomic mass is 16.5. The monoisotopic (exact) mass is 476 g/mol. The van der Waals surface area contributed by atoms with Crippen molar-refractivity contribution in [2.24, 2.45) is 13.0 Å². The van der Waals surface area contributed by atoms with Crippen molar-refractivity contribution in [3.63, 3.8) is 0 Å². The minimum absolute atomic E-state index is 0.00380. The van der Waals surface area contributed by atoms with Crippen LogP contribution in [0.5, 0.6) is 0 Å². The van der Waals surface area contributed by atoms with Gasteiger partial charge in [-0.2, -0.15) is 5.10 Å². The SMILES string of the molecule is CC(C)C(NC(=O)OCC1c2ccccc2-c2ccccc21)C(=O)NCc1cnn(C)c1C(=O)O. The van der Waals surface area contributed by atoms with Crippen LogP contribution in [0.4, 0.5) is 4.79 Å². The van der Waals surface area contributed by atoms with E-state index in [1.807, 2.05) is 36.4 Å². The summed E-state index contributed by atoms with van der Waals surface area (Å²) in [5.41, 5.74) is 4.84. The first kappa shape index (κ1) is 24.0. The van der Waals surface area contributed by atoms with Crippen molar-refractivity contribution < 1.29 is 24.2 Å². The number of benzene rings is 2. The summed E-state index contributed by atoms with van der Waals surface area (Å²) in [6.07, 6.45) is 0.709. The lowest BCUT2D eigenvalue weighted by Crippen LogP contribution is -2.49. The number of alkyl carbamates (subject to hydrolysis) is 1. The van der Waals surface area contributed by atoms with Crippen LogP contribution >= 0.6 is 0 Å². The van der Waals surface area contributed by atoms with Crippen LogP contribution < -0.4 is 10.6 Å². The number of carbonyl (C=O) groups excluding carboxylic acids is 2. The summed E-state index contributed by atoms with van der Waals surface area (Å²) in [4.78, 5) is 36.9. The first-order valence-corrected chi connectivity index (χ1v) is 11.4. The number of amides is 2. The molecule has 1 aliphatic carbocycles. The minimum atomic E-state index is -1.13. The second-order valence-electron chi connectivity index (χ2n) is 8.86. The molecule has 4 rings (SSSR count). The molecule has 0 saturated carbocycles. The van der Waals surface area contributed by atoms with E-state index in [2.05, 4.69) is 27.9 Å². The van der Waals surface area contributed by atoms with Crippen LogP contribution in [0.15, 0.2) is 54.7 Å². The van der Waals surface area contributed by atoms with Crippen LogP contribution in [0.1, 0.15) is 46.9 Å². The average Bonchev–Trinajstić information content (AvgIpc) is 3.37. The summed E-state index contributed by atoms with van der Waals surface area (Å²) in [6.45, 7) is 3.73. The van der Waals surface area contributed by atoms with Crippen molar-refractivity contribution in [1.29, 1.82) is 0 Å². The highest BCUT2D eigenvalue weighted by Crippen LogP contribution is 2.44. The van der Waals surface area contributed by atoms with Crippen molar-refractivity contribution in [1.82, 2.24) is 20.4 Å². The standard InChI is InChI=1S/C26H28N4O5/c1-15(2)22(24(31)27-12-16-13-28-30(3)23(16)25(32)33)29-26(34)35-14-21-19-10-6-4-8-17(19)18-9-5-7-11-20(18)21/h4-11,13,15,21-22H,12,14H2,1-3H3,(H,27,31)(H,29,34)(H,32,33). The summed E-state index contributed by atoms with van der Waals surface area (Å²) in [5.74, 6) is -1.87. The van der Waals surface area contributed by atoms with Crippen molar-refractivity contribution >= 4 is 18.0 Å². The van der Waals surface area contributed by atoms with Gasteiger partial charge in [-0.3, -0.25) is 9.48 Å². The van der Waals surface area contributed by atoms with Gasteiger partial charge in [-0.05, 0) is 28.2 Å². The fourth-order valence-corrected chi connectivity index (χ4v) is 4.48. The molecule has 1 atom stereocenters. The number of aryl methyl sites for hydroxylation is 1. The number of nitrogens with one attached hydrogen (secondary N) is 2. The van der Waals surface area contributed by atoms with Crippen LogP contribution in [0.25, 0.3) is 11.1 Å². The molecule has 1 unspecified atom stereocenters. The molecule has 1 aliphatic rings. The van der Waals surface area contributed by atoms with Gasteiger partial charge in [0.15, 0.2) is 5.69 Å². The topological polar surface area (TPSA) is 123 Å². The molecule has 1 heterocycles. The number of ether oxygens (including phenoxy) is 1. The Hall–Kier alpha value is -4.14. The molecule has 3 N–H and O–H groups in total. The molecule has 2 amide bonds. The zero-order valence-corrected chi connectivity index (χ0v) is 19.8. The van der Waals surface area contributed by atoms with Crippen LogP contribution in [-0.4, -0.2) is 45.5 Å². The smallest absolute Gasteiger partial charge is 0.407 e. The molecule has 2 aromatic carbocycles. The number of rotatable bonds is 8. The maximum absolute atomic E-state index is 12.8. The Labute approximate surface area is 203 Å². The van der Waals surface area contributed by atoms with E-state index >= 15 is 0 Å². The molecule has 0 aliphatic heterocycles. The van der Waals surface area contributed by atoms with Crippen LogP contribution in [0, 0.1) is 5.92 Å². The highest BCUT2D eigenvalue weighted by Gasteiger charge is 2.30. The summed E-state index contributed by atoms with van der Waals surface area (Å²) in [6, 6.07) is 15.3. The summed E-state index contributed by atoms with van der Waals surface area (Å²) in [5, 5.41) is 18.6. The van der Waals surface area contributed by atoms with Gasteiger partial charge in [-0.15, -0.1) is 0 Å². The lowest BCUT2D eigenvalue weighted by molar-refractivity contribution is -0.124. The molecular formula is C26H28N4O5. The van der Waals surface area contributed by atoms with E-state index in [9.17, 15) is 19.5 Å². The zero-order valence-electron chi connectivity index (χ0n) is 19.8. The lowest BCUT2D eigenvalue weighted by Gasteiger charge is -2.22. The van der Waals surface area contributed by atoms with E-state index < -0.39 is 24.0 Å². The molecule has 0 bridgehead atoms. The number of fused-ring (bicyclic) bond motifs is 3. The number of carbonyl (C=O) groups is 3. The molecular weight excluding hydrogens is 448 g/mol. The lowest BCUT2D eigenvalue weighted by atomic mass is 9.98. The second kappa shape index (κ2) is 10.0. The normalized spacial score (nSPS) is 13.1. The molecule has 0 fully saturated rings. The Balaban J connectivity index is 1.38. The summed E-state index contributed by atoms with van der Waals surface area (Å²) in [7, 11) is 1.52. The van der Waals surface area contributed by atoms with E-state index in [-0.39, 0.29) is 30.7 Å². The maximum Gasteiger partial charge on any atom is 0.407 e. The number of aromatic carboxylic acids is 1. The molecule has 3 aromatic rings. The Bertz CT molecular complexity index is 1220. The van der Waals surface area contributed by atoms with E-state index in [0.29, 0.717) is 5.56 Å². The van der Waals surface area contributed by atoms with Gasteiger partial charge < -0.3 is 20.5 Å². The number of aromatic nitrogens is 2. The summed E-state index contributed by atoms with van der Waals surface area (Å²) < 4.78 is 6.80. The Morgan fingerprint density at radius 1 is 1.06 bits per heavy atom. The number of hydrogen-bond donors (Lipinski definition) is 3. The van der Waals surface area contributed by atoms with E-state index in [1.165, 1.54) is 17.9 Å². The van der Waals surface area contributed by atoms with E-state index in [4.69, 9.17) is 4.74 Å². The third-order valence-electron chi connectivity index (χ3n) is 6.24. The molecule has 35 heavy (non-hydrogen) atoms. The predicted molar refractivity (Wildman–Crippen MR) is 129 cm³/mol. The van der Waals surface area contributed by atoms with E-state index in [1.54, 1.807) is 13.8 Å². The van der Waals surface area contributed by atoms with Gasteiger partial charge in [0.2, 0.25) is 5.91 Å². The zero-order chi connectivity index (χ0) is 25.1. The highest BCUT2D eigenvalue weighted by molar-refractivity contribution is 5.88. The van der Waals surface area contributed by atoms with Gasteiger partial charge in [-0.25, -0.2) is 9.59 Å². The van der Waals surface area contributed by atoms with Gasteiger partial charge in [0.25, 0.3) is 0 Å². The summed E-state index contributed by atoms with van der Waals surface area (Å²) >= 11 is 0. The maximum atomic E-state index is 12.8.